The number of hydrogen-bond donors (Lipinski definition) is 12. The average Bonchev–Trinajstić information content (AvgIpc) is 1.64. The van der Waals surface area contributed by atoms with E-state index in [1.54, 1.807) is 6.20 Å². The molecule has 0 aliphatic heterocycles. The van der Waals surface area contributed by atoms with Gasteiger partial charge in [-0.1, -0.05) is 358 Å². The molecular weight excluding hydrogens is 1780 g/mol. The summed E-state index contributed by atoms with van der Waals surface area (Å²) < 4.78 is 0. The molecule has 7 aromatic rings. The lowest BCUT2D eigenvalue weighted by atomic mass is 9.86. The number of benzene rings is 1. The molecule has 12 N–H and O–H groups in total. The maximum absolute atomic E-state index is 4.51. The van der Waals surface area contributed by atoms with Crippen LogP contribution in [0.4, 0.5) is 76.3 Å². The first-order valence-electron chi connectivity index (χ1n) is 55.8. The minimum atomic E-state index is 0. The van der Waals surface area contributed by atoms with Crippen molar-refractivity contribution < 1.29 is 0 Å². The fourth-order valence-corrected chi connectivity index (χ4v) is 15.0. The molecule has 14 unspecified atom stereocenters. The third-order valence-corrected chi connectivity index (χ3v) is 21.9. The van der Waals surface area contributed by atoms with Gasteiger partial charge < -0.3 is 63.8 Å². The molecule has 14 atom stereocenters. The lowest BCUT2D eigenvalue weighted by molar-refractivity contribution is 0.349. The van der Waals surface area contributed by atoms with Gasteiger partial charge in [-0.05, 0) is 165 Å². The first-order valence-corrected chi connectivity index (χ1v) is 55.8. The number of fused-ring (bicyclic) bond motifs is 4. The highest BCUT2D eigenvalue weighted by Crippen LogP contribution is 2.46. The SMILES string of the molecule is CC.CC.CC.CC.CC.CC.CC.CC.CC.CC.CC.CC.CC.CC.CC.CC.CC.CC.CNc1ncc(C)c(NC2C3C=CC(C3)C2C)n1.CNc1ncc(C)c(NC2C3C=CC(C3)C2C)n1.CNc1ncc(C)c(NC2CCCC2C)n1.CNc1ncc(C)c(NC2CCCCC2C)n1.CNc1ncc(C)c(NC2CCCCC2C)n1.CNc1ncc(C)c(Nc2ccccc2C)n1.[B].[B].[B].[B].[B].[B]. The summed E-state index contributed by atoms with van der Waals surface area (Å²) in [5, 5.41) is 39.1. The molecule has 6 aromatic heterocycles. The summed E-state index contributed by atoms with van der Waals surface area (Å²) >= 11 is 0. The van der Waals surface area contributed by atoms with Gasteiger partial charge in [-0.3, -0.25) is 0 Å². The van der Waals surface area contributed by atoms with Gasteiger partial charge in [0.15, 0.2) is 0 Å². The van der Waals surface area contributed by atoms with E-state index in [0.29, 0.717) is 89.6 Å². The molecule has 826 valence electrons. The molecule has 0 saturated heterocycles. The Bertz CT molecular complexity index is 3770. The zero-order valence-electron chi connectivity index (χ0n) is 104. The number of nitrogens with one attached hydrogen (secondary N) is 12. The molecule has 7 aliphatic rings. The zero-order valence-corrected chi connectivity index (χ0v) is 104. The van der Waals surface area contributed by atoms with E-state index in [2.05, 4.69) is 223 Å². The Morgan fingerprint density at radius 2 is 0.421 bits per heavy atom. The molecule has 5 fully saturated rings. The van der Waals surface area contributed by atoms with E-state index in [9.17, 15) is 0 Å². The highest BCUT2D eigenvalue weighted by Gasteiger charge is 2.43. The molecular formula is C115H228B6N24. The first-order chi connectivity index (χ1) is 67.7. The number of aromatic nitrogens is 12. The third kappa shape index (κ3) is 66.3. The lowest BCUT2D eigenvalue weighted by Gasteiger charge is -2.30. The minimum Gasteiger partial charge on any atom is -0.367 e. The number of nitrogens with zero attached hydrogens (tertiary/aromatic N) is 12. The van der Waals surface area contributed by atoms with Gasteiger partial charge in [0.2, 0.25) is 35.7 Å². The van der Waals surface area contributed by atoms with Crippen LogP contribution in [-0.2, 0) is 0 Å². The Kier molecular flexibility index (Phi) is 139. The van der Waals surface area contributed by atoms with Gasteiger partial charge in [0.25, 0.3) is 0 Å². The first kappa shape index (κ1) is 172. The summed E-state index contributed by atoms with van der Waals surface area (Å²) in [5.74, 6) is 16.1. The van der Waals surface area contributed by atoms with Crippen LogP contribution in [0.2, 0.25) is 0 Å². The Labute approximate surface area is 911 Å². The molecule has 6 heterocycles. The van der Waals surface area contributed by atoms with E-state index in [-0.39, 0.29) is 50.5 Å². The van der Waals surface area contributed by atoms with E-state index in [4.69, 9.17) is 0 Å². The smallest absolute Gasteiger partial charge is 0.224 e. The van der Waals surface area contributed by atoms with Crippen LogP contribution in [0.15, 0.2) is 85.8 Å². The van der Waals surface area contributed by atoms with Crippen molar-refractivity contribution in [3.8, 4) is 0 Å². The molecule has 145 heavy (non-hydrogen) atoms. The van der Waals surface area contributed by atoms with Crippen molar-refractivity contribution in [1.82, 2.24) is 59.8 Å². The van der Waals surface area contributed by atoms with Crippen LogP contribution >= 0.6 is 0 Å². The second-order valence-corrected chi connectivity index (χ2v) is 29.4. The summed E-state index contributed by atoms with van der Waals surface area (Å²) in [7, 11) is 11.0. The van der Waals surface area contributed by atoms with E-state index in [0.717, 1.165) is 104 Å². The van der Waals surface area contributed by atoms with Crippen molar-refractivity contribution in [1.29, 1.82) is 0 Å². The maximum Gasteiger partial charge on any atom is 0.224 e. The Morgan fingerprint density at radius 1 is 0.228 bits per heavy atom. The molecule has 24 nitrogen and oxygen atoms in total. The van der Waals surface area contributed by atoms with Crippen molar-refractivity contribution in [3.05, 3.63) is 125 Å². The average molecular weight is 2010 g/mol. The highest BCUT2D eigenvalue weighted by molar-refractivity contribution is 5.76. The number of rotatable bonds is 18. The van der Waals surface area contributed by atoms with Gasteiger partial charge in [-0.15, -0.1) is 0 Å². The van der Waals surface area contributed by atoms with Crippen molar-refractivity contribution in [3.63, 3.8) is 0 Å². The monoisotopic (exact) mass is 2010 g/mol. The number of para-hydroxylation sites is 1. The van der Waals surface area contributed by atoms with Crippen LogP contribution in [0.1, 0.15) is 406 Å². The lowest BCUT2D eigenvalue weighted by Crippen LogP contribution is -2.31. The largest absolute Gasteiger partial charge is 0.367 e. The summed E-state index contributed by atoms with van der Waals surface area (Å²) in [5.41, 5.74) is 8.82. The number of anilines is 13. The number of aryl methyl sites for hydroxylation is 7. The van der Waals surface area contributed by atoms with Crippen molar-refractivity contribution in [2.45, 2.75) is 446 Å². The third-order valence-electron chi connectivity index (χ3n) is 21.9. The Hall–Kier alpha value is -8.83. The number of allylic oxidation sites excluding steroid dienone is 2. The minimum absolute atomic E-state index is 0. The fourth-order valence-electron chi connectivity index (χ4n) is 15.0. The van der Waals surface area contributed by atoms with E-state index < -0.39 is 0 Å². The van der Waals surface area contributed by atoms with Gasteiger partial charge in [0.05, 0.1) is 0 Å². The second kappa shape index (κ2) is 117. The van der Waals surface area contributed by atoms with Crippen LogP contribution in [0.25, 0.3) is 0 Å². The number of hydrogen-bond acceptors (Lipinski definition) is 24. The van der Waals surface area contributed by atoms with Crippen LogP contribution < -0.4 is 63.8 Å². The van der Waals surface area contributed by atoms with E-state index in [1.165, 1.54) is 89.0 Å². The predicted molar refractivity (Wildman–Crippen MR) is 666 cm³/mol. The molecule has 0 spiro atoms. The Morgan fingerprint density at radius 3 is 0.621 bits per heavy atom. The normalized spacial score (nSPS) is 18.5. The summed E-state index contributed by atoms with van der Waals surface area (Å²) in [6.07, 6.45) is 37.6. The summed E-state index contributed by atoms with van der Waals surface area (Å²) in [6, 6.07) is 10.8. The Balaban J connectivity index is -0.0000000916. The second-order valence-electron chi connectivity index (χ2n) is 29.4. The van der Waals surface area contributed by atoms with Crippen molar-refractivity contribution in [2.24, 2.45) is 53.3 Å². The van der Waals surface area contributed by atoms with Crippen molar-refractivity contribution >= 4 is 127 Å². The van der Waals surface area contributed by atoms with Gasteiger partial charge in [0.1, 0.15) is 34.9 Å². The quantitative estimate of drug-likeness (QED) is 0.0281. The molecule has 30 heteroatoms. The summed E-state index contributed by atoms with van der Waals surface area (Å²) in [6.45, 7) is 97.9. The molecule has 14 rings (SSSR count). The van der Waals surface area contributed by atoms with Crippen LogP contribution in [-0.4, -0.2) is 183 Å². The molecule has 4 bridgehead atoms. The van der Waals surface area contributed by atoms with Gasteiger partial charge >= 0.3 is 0 Å². The van der Waals surface area contributed by atoms with Crippen LogP contribution in [0, 0.1) is 102 Å². The standard InChI is InChI=1S/2C14H20N4.2C13H22N4.C13H16N4.C12H20N4.18C2H6.6B/c2*1-8-7-16-14(15-3)18-13(8)17-12-9(2)10-4-5-11(12)6-10;3*1-9-6-4-5-7-11(9)16-12-10(2)8-15-13(14-3)17-12;1-8-5-4-6-10(8)15-11-9(2)7-14-12(13-3)16-11;18*1-2;;;;;;/h2*4-5,7,9-12H,6H2,1-3H3,(H2,15,16,17,18);2*8-9,11H,4-7H2,1-3H3,(H2,14,15,16,17);4-8H,1-3H3,(H2,14,15,16,17);7-8,10H,4-6H2,1-3H3,(H2,13,14,15,16);18*1-2H3;;;;;;. The van der Waals surface area contributed by atoms with Gasteiger partial charge in [-0.25, -0.2) is 29.9 Å². The maximum atomic E-state index is 4.51. The molecule has 0 amide bonds. The molecule has 7 aliphatic carbocycles. The zero-order chi connectivity index (χ0) is 110. The summed E-state index contributed by atoms with van der Waals surface area (Å²) in [4.78, 5) is 52.1. The van der Waals surface area contributed by atoms with E-state index >= 15 is 0 Å². The van der Waals surface area contributed by atoms with Crippen LogP contribution in [0.5, 0.6) is 0 Å². The van der Waals surface area contributed by atoms with Gasteiger partial charge in [0, 0.05) is 199 Å². The van der Waals surface area contributed by atoms with Crippen molar-refractivity contribution in [2.75, 3.05) is 106 Å². The fraction of sp³-hybridized carbons (Fsp3) is 0.704. The highest BCUT2D eigenvalue weighted by atomic mass is 15.2. The molecule has 1 aromatic carbocycles. The van der Waals surface area contributed by atoms with Gasteiger partial charge in [-0.2, -0.15) is 29.9 Å². The van der Waals surface area contributed by atoms with Crippen LogP contribution in [0.3, 0.4) is 0 Å². The topological polar surface area (TPSA) is 299 Å². The predicted octanol–water partition coefficient (Wildman–Crippen LogP) is 32.0. The van der Waals surface area contributed by atoms with E-state index in [1.807, 2.05) is 355 Å². The molecule has 5 saturated carbocycles. The molecule has 18 radical (unpaired) electrons.